The summed E-state index contributed by atoms with van der Waals surface area (Å²) in [5, 5.41) is 2.72. The van der Waals surface area contributed by atoms with E-state index in [0.29, 0.717) is 32.6 Å². The molecular formula is C16H26N2O4S. The van der Waals surface area contributed by atoms with Crippen LogP contribution in [0.1, 0.15) is 18.9 Å². The molecule has 0 saturated carbocycles. The Labute approximate surface area is 138 Å². The molecule has 0 spiro atoms. The van der Waals surface area contributed by atoms with Gasteiger partial charge in [0.05, 0.1) is 12.8 Å². The molecule has 6 nitrogen and oxygen atoms in total. The Kier molecular flexibility index (Phi) is 8.83. The summed E-state index contributed by atoms with van der Waals surface area (Å²) in [6, 6.07) is 9.60. The van der Waals surface area contributed by atoms with Gasteiger partial charge in [0.25, 0.3) is 0 Å². The number of ether oxygens (including phenoxy) is 1. The summed E-state index contributed by atoms with van der Waals surface area (Å²) in [5.74, 6) is -0.292. The maximum absolute atomic E-state index is 11.9. The van der Waals surface area contributed by atoms with E-state index >= 15 is 0 Å². The molecule has 1 N–H and O–H groups in total. The van der Waals surface area contributed by atoms with Gasteiger partial charge in [-0.2, -0.15) is 4.31 Å². The van der Waals surface area contributed by atoms with E-state index in [2.05, 4.69) is 5.32 Å². The Morgan fingerprint density at radius 1 is 1.26 bits per heavy atom. The third-order valence-electron chi connectivity index (χ3n) is 3.27. The normalized spacial score (nSPS) is 11.6. The highest BCUT2D eigenvalue weighted by Gasteiger charge is 2.19. The Morgan fingerprint density at radius 2 is 1.96 bits per heavy atom. The number of sulfonamides is 1. The van der Waals surface area contributed by atoms with Gasteiger partial charge in [0, 0.05) is 26.3 Å². The summed E-state index contributed by atoms with van der Waals surface area (Å²) in [5.41, 5.74) is 1.04. The number of carbonyl (C=O) groups excluding carboxylic acids is 1. The number of hydrogen-bond acceptors (Lipinski definition) is 4. The van der Waals surface area contributed by atoms with Crippen LogP contribution in [0.15, 0.2) is 30.3 Å². The molecule has 1 amide bonds. The van der Waals surface area contributed by atoms with Gasteiger partial charge in [-0.15, -0.1) is 0 Å². The summed E-state index contributed by atoms with van der Waals surface area (Å²) in [7, 11) is -3.42. The number of carbonyl (C=O) groups is 1. The van der Waals surface area contributed by atoms with Crippen LogP contribution in [0.2, 0.25) is 0 Å². The quantitative estimate of drug-likeness (QED) is 0.610. The minimum Gasteiger partial charge on any atom is -0.382 e. The van der Waals surface area contributed by atoms with Crippen molar-refractivity contribution in [1.82, 2.24) is 9.62 Å². The lowest BCUT2D eigenvalue weighted by Crippen LogP contribution is -2.41. The van der Waals surface area contributed by atoms with Crippen LogP contribution < -0.4 is 5.32 Å². The van der Waals surface area contributed by atoms with Crippen LogP contribution in [0, 0.1) is 0 Å². The molecule has 0 unspecified atom stereocenters. The van der Waals surface area contributed by atoms with Gasteiger partial charge in [0.15, 0.2) is 0 Å². The molecule has 0 fully saturated rings. The van der Waals surface area contributed by atoms with Gasteiger partial charge in [0.2, 0.25) is 15.9 Å². The van der Waals surface area contributed by atoms with E-state index in [1.165, 1.54) is 4.31 Å². The lowest BCUT2D eigenvalue weighted by atomic mass is 10.1. The zero-order valence-corrected chi connectivity index (χ0v) is 14.6. The zero-order valence-electron chi connectivity index (χ0n) is 13.8. The average Bonchev–Trinajstić information content (AvgIpc) is 2.51. The Bertz CT molecular complexity index is 561. The SMILES string of the molecule is CCOCCCNC(=O)CN(CCc1ccccc1)S(C)(=O)=O. The molecule has 1 aromatic rings. The lowest BCUT2D eigenvalue weighted by molar-refractivity contribution is -0.121. The van der Waals surface area contributed by atoms with Crippen LogP contribution in [0.25, 0.3) is 0 Å². The smallest absolute Gasteiger partial charge is 0.235 e. The Balaban J connectivity index is 2.44. The summed E-state index contributed by atoms with van der Waals surface area (Å²) in [4.78, 5) is 11.9. The highest BCUT2D eigenvalue weighted by Crippen LogP contribution is 2.04. The summed E-state index contributed by atoms with van der Waals surface area (Å²) >= 11 is 0. The monoisotopic (exact) mass is 342 g/mol. The Hall–Kier alpha value is -1.44. The van der Waals surface area contributed by atoms with E-state index < -0.39 is 10.0 Å². The molecular weight excluding hydrogens is 316 g/mol. The number of amides is 1. The summed E-state index contributed by atoms with van der Waals surface area (Å²) in [6.45, 7) is 3.76. The van der Waals surface area contributed by atoms with Gasteiger partial charge in [-0.3, -0.25) is 4.79 Å². The van der Waals surface area contributed by atoms with E-state index in [1.54, 1.807) is 0 Å². The fourth-order valence-corrected chi connectivity index (χ4v) is 2.80. The van der Waals surface area contributed by atoms with Gasteiger partial charge in [-0.05, 0) is 25.3 Å². The van der Waals surface area contributed by atoms with Crippen LogP contribution >= 0.6 is 0 Å². The second-order valence-electron chi connectivity index (χ2n) is 5.23. The minimum absolute atomic E-state index is 0.152. The molecule has 0 radical (unpaired) electrons. The molecule has 0 aliphatic rings. The third-order valence-corrected chi connectivity index (χ3v) is 4.52. The fourth-order valence-electron chi connectivity index (χ4n) is 2.02. The van der Waals surface area contributed by atoms with E-state index in [4.69, 9.17) is 4.74 Å². The predicted molar refractivity (Wildman–Crippen MR) is 90.7 cm³/mol. The first-order chi connectivity index (χ1) is 10.9. The molecule has 1 aromatic carbocycles. The van der Waals surface area contributed by atoms with E-state index in [1.807, 2.05) is 37.3 Å². The van der Waals surface area contributed by atoms with Crippen LogP contribution in [0.5, 0.6) is 0 Å². The zero-order chi connectivity index (χ0) is 17.1. The van der Waals surface area contributed by atoms with Crippen molar-refractivity contribution >= 4 is 15.9 Å². The fraction of sp³-hybridized carbons (Fsp3) is 0.562. The standard InChI is InChI=1S/C16H26N2O4S/c1-3-22-13-7-11-17-16(19)14-18(23(2,20)21)12-10-15-8-5-4-6-9-15/h4-6,8-9H,3,7,10-14H2,1-2H3,(H,17,19). The van der Waals surface area contributed by atoms with Gasteiger partial charge in [-0.1, -0.05) is 30.3 Å². The van der Waals surface area contributed by atoms with Crippen molar-refractivity contribution < 1.29 is 17.9 Å². The van der Waals surface area contributed by atoms with Crippen molar-refractivity contribution in [2.75, 3.05) is 39.1 Å². The number of benzene rings is 1. The van der Waals surface area contributed by atoms with E-state index in [9.17, 15) is 13.2 Å². The lowest BCUT2D eigenvalue weighted by Gasteiger charge is -2.19. The van der Waals surface area contributed by atoms with E-state index in [0.717, 1.165) is 11.8 Å². The molecule has 23 heavy (non-hydrogen) atoms. The van der Waals surface area contributed by atoms with Gasteiger partial charge >= 0.3 is 0 Å². The molecule has 0 bridgehead atoms. The van der Waals surface area contributed by atoms with Gasteiger partial charge in [-0.25, -0.2) is 8.42 Å². The topological polar surface area (TPSA) is 75.7 Å². The van der Waals surface area contributed by atoms with Crippen LogP contribution in [-0.4, -0.2) is 57.7 Å². The molecule has 0 saturated heterocycles. The second-order valence-corrected chi connectivity index (χ2v) is 7.22. The molecule has 0 aliphatic heterocycles. The van der Waals surface area contributed by atoms with Crippen molar-refractivity contribution in [3.8, 4) is 0 Å². The van der Waals surface area contributed by atoms with Crippen LogP contribution in [0.4, 0.5) is 0 Å². The maximum Gasteiger partial charge on any atom is 0.235 e. The number of hydrogen-bond donors (Lipinski definition) is 1. The number of nitrogens with one attached hydrogen (secondary N) is 1. The summed E-state index contributed by atoms with van der Waals surface area (Å²) in [6.07, 6.45) is 2.41. The molecule has 1 rings (SSSR count). The largest absolute Gasteiger partial charge is 0.382 e. The molecule has 130 valence electrons. The molecule has 0 atom stereocenters. The molecule has 7 heteroatoms. The van der Waals surface area contributed by atoms with Gasteiger partial charge < -0.3 is 10.1 Å². The first-order valence-electron chi connectivity index (χ1n) is 7.77. The van der Waals surface area contributed by atoms with Gasteiger partial charge in [0.1, 0.15) is 0 Å². The first kappa shape index (κ1) is 19.6. The highest BCUT2D eigenvalue weighted by atomic mass is 32.2. The molecule has 0 aromatic heterocycles. The van der Waals surface area contributed by atoms with Crippen molar-refractivity contribution in [2.45, 2.75) is 19.8 Å². The maximum atomic E-state index is 11.9. The second kappa shape index (κ2) is 10.4. The van der Waals surface area contributed by atoms with Crippen molar-refractivity contribution in [1.29, 1.82) is 0 Å². The first-order valence-corrected chi connectivity index (χ1v) is 9.61. The highest BCUT2D eigenvalue weighted by molar-refractivity contribution is 7.88. The molecule has 0 aliphatic carbocycles. The third kappa shape index (κ3) is 8.68. The minimum atomic E-state index is -3.42. The van der Waals surface area contributed by atoms with Crippen molar-refractivity contribution in [3.63, 3.8) is 0 Å². The summed E-state index contributed by atoms with van der Waals surface area (Å²) < 4.78 is 30.0. The average molecular weight is 342 g/mol. The predicted octanol–water partition coefficient (Wildman–Crippen LogP) is 1.03. The van der Waals surface area contributed by atoms with Crippen molar-refractivity contribution in [3.05, 3.63) is 35.9 Å². The van der Waals surface area contributed by atoms with Crippen molar-refractivity contribution in [2.24, 2.45) is 0 Å². The molecule has 0 heterocycles. The van der Waals surface area contributed by atoms with Crippen LogP contribution in [0.3, 0.4) is 0 Å². The number of rotatable bonds is 11. The van der Waals surface area contributed by atoms with E-state index in [-0.39, 0.29) is 19.0 Å². The number of nitrogens with zero attached hydrogens (tertiary/aromatic N) is 1. The Morgan fingerprint density at radius 3 is 2.57 bits per heavy atom. The van der Waals surface area contributed by atoms with Crippen LogP contribution in [-0.2, 0) is 26.0 Å².